The number of urea groups is 1. The van der Waals surface area contributed by atoms with E-state index in [0.717, 1.165) is 28.2 Å². The average Bonchev–Trinajstić information content (AvgIpc) is 2.92. The lowest BCUT2D eigenvalue weighted by Gasteiger charge is -2.23. The highest BCUT2D eigenvalue weighted by atomic mass is 19.4. The van der Waals surface area contributed by atoms with Gasteiger partial charge in [0.05, 0.1) is 6.54 Å². The van der Waals surface area contributed by atoms with E-state index in [2.05, 4.69) is 10.1 Å². The minimum Gasteiger partial charge on any atom is -0.423 e. The van der Waals surface area contributed by atoms with Crippen molar-refractivity contribution in [3.8, 4) is 5.75 Å². The molecule has 1 aliphatic rings. The Morgan fingerprint density at radius 1 is 1.03 bits per heavy atom. The molecule has 0 aliphatic carbocycles. The van der Waals surface area contributed by atoms with Gasteiger partial charge >= 0.3 is 18.0 Å². The molecule has 0 spiro atoms. The monoisotopic (exact) mass is 460 g/mol. The van der Waals surface area contributed by atoms with Crippen LogP contribution in [-0.4, -0.2) is 23.2 Å². The molecule has 1 unspecified atom stereocenters. The average molecular weight is 460 g/mol. The number of hydrogen-bond donors (Lipinski definition) is 1. The van der Waals surface area contributed by atoms with Crippen molar-refractivity contribution in [3.05, 3.63) is 75.1 Å². The van der Waals surface area contributed by atoms with E-state index in [1.54, 1.807) is 6.07 Å². The highest BCUT2D eigenvalue weighted by Gasteiger charge is 2.49. The Kier molecular flexibility index (Phi) is 5.18. The summed E-state index contributed by atoms with van der Waals surface area (Å²) in [4.78, 5) is 38.9. The van der Waals surface area contributed by atoms with Gasteiger partial charge in [-0.1, -0.05) is 12.1 Å². The second-order valence-corrected chi connectivity index (χ2v) is 8.04. The van der Waals surface area contributed by atoms with Crippen LogP contribution in [0.15, 0.2) is 51.7 Å². The molecule has 1 atom stereocenters. The van der Waals surface area contributed by atoms with Gasteiger partial charge in [-0.15, -0.1) is 13.2 Å². The van der Waals surface area contributed by atoms with Gasteiger partial charge < -0.3 is 14.5 Å². The standard InChI is InChI=1S/C23H19F3N2O5/c1-12-8-17-14(10-19(29)32-18(17)9-13(12)2)11-28-20(30)22(3,27-21(28)31)15-4-6-16(7-5-15)33-23(24,25)26/h4-10H,11H2,1-3H3,(H,27,31). The van der Waals surface area contributed by atoms with Crippen LogP contribution in [0.3, 0.4) is 0 Å². The smallest absolute Gasteiger partial charge is 0.423 e. The molecule has 10 heteroatoms. The number of benzene rings is 2. The lowest BCUT2D eigenvalue weighted by Crippen LogP contribution is -2.40. The number of alkyl halides is 3. The van der Waals surface area contributed by atoms with Gasteiger partial charge in [0.25, 0.3) is 5.91 Å². The molecule has 2 heterocycles. The number of rotatable bonds is 4. The number of carbonyl (C=O) groups excluding carboxylic acids is 2. The number of amides is 3. The van der Waals surface area contributed by atoms with Crippen LogP contribution in [0.2, 0.25) is 0 Å². The third-order valence-electron chi connectivity index (χ3n) is 5.71. The van der Waals surface area contributed by atoms with Gasteiger partial charge in [0, 0.05) is 11.5 Å². The third kappa shape index (κ3) is 4.15. The van der Waals surface area contributed by atoms with Crippen molar-refractivity contribution >= 4 is 22.9 Å². The molecule has 0 saturated carbocycles. The van der Waals surface area contributed by atoms with Crippen molar-refractivity contribution in [2.45, 2.75) is 39.2 Å². The van der Waals surface area contributed by atoms with Crippen molar-refractivity contribution in [1.82, 2.24) is 10.2 Å². The van der Waals surface area contributed by atoms with Gasteiger partial charge in [-0.25, -0.2) is 9.59 Å². The zero-order chi connectivity index (χ0) is 24.1. The Hall–Kier alpha value is -3.82. The van der Waals surface area contributed by atoms with Gasteiger partial charge in [-0.05, 0) is 67.3 Å². The molecule has 2 aromatic carbocycles. The second kappa shape index (κ2) is 7.65. The first kappa shape index (κ1) is 22.4. The topological polar surface area (TPSA) is 88.8 Å². The van der Waals surface area contributed by atoms with E-state index < -0.39 is 35.2 Å². The van der Waals surface area contributed by atoms with E-state index >= 15 is 0 Å². The molecule has 1 fully saturated rings. The predicted molar refractivity (Wildman–Crippen MR) is 112 cm³/mol. The summed E-state index contributed by atoms with van der Waals surface area (Å²) >= 11 is 0. The van der Waals surface area contributed by atoms with E-state index in [1.807, 2.05) is 19.9 Å². The zero-order valence-electron chi connectivity index (χ0n) is 17.9. The minimum absolute atomic E-state index is 0.180. The van der Waals surface area contributed by atoms with E-state index in [9.17, 15) is 27.6 Å². The summed E-state index contributed by atoms with van der Waals surface area (Å²) in [5.41, 5.74) is 0.804. The number of imide groups is 1. The number of nitrogens with one attached hydrogen (secondary N) is 1. The second-order valence-electron chi connectivity index (χ2n) is 8.04. The molecule has 33 heavy (non-hydrogen) atoms. The number of aryl methyl sites for hydroxylation is 2. The SMILES string of the molecule is Cc1cc2oc(=O)cc(CN3C(=O)NC(C)(c4ccc(OC(F)(F)F)cc4)C3=O)c2cc1C. The lowest BCUT2D eigenvalue weighted by molar-refractivity contribution is -0.274. The summed E-state index contributed by atoms with van der Waals surface area (Å²) in [5, 5.41) is 3.19. The van der Waals surface area contributed by atoms with Gasteiger partial charge in [-0.3, -0.25) is 9.69 Å². The largest absolute Gasteiger partial charge is 0.573 e. The molecule has 0 bridgehead atoms. The van der Waals surface area contributed by atoms with E-state index in [4.69, 9.17) is 4.42 Å². The van der Waals surface area contributed by atoms with Crippen LogP contribution in [0.1, 0.15) is 29.2 Å². The Balaban J connectivity index is 1.65. The molecular weight excluding hydrogens is 441 g/mol. The van der Waals surface area contributed by atoms with Gasteiger partial charge in [0.2, 0.25) is 0 Å². The molecular formula is C23H19F3N2O5. The predicted octanol–water partition coefficient (Wildman–Crippen LogP) is 4.28. The first-order valence-electron chi connectivity index (χ1n) is 9.92. The maximum Gasteiger partial charge on any atom is 0.573 e. The molecule has 1 saturated heterocycles. The molecule has 1 aliphatic heterocycles. The highest BCUT2D eigenvalue weighted by Crippen LogP contribution is 2.33. The summed E-state index contributed by atoms with van der Waals surface area (Å²) in [7, 11) is 0. The fourth-order valence-electron chi connectivity index (χ4n) is 3.81. The van der Waals surface area contributed by atoms with Crippen LogP contribution in [0.4, 0.5) is 18.0 Å². The van der Waals surface area contributed by atoms with Crippen molar-refractivity contribution in [2.24, 2.45) is 0 Å². The number of halogens is 3. The Labute approximate surface area is 185 Å². The van der Waals surface area contributed by atoms with Crippen molar-refractivity contribution < 1.29 is 31.9 Å². The van der Waals surface area contributed by atoms with Crippen LogP contribution in [0.5, 0.6) is 5.75 Å². The van der Waals surface area contributed by atoms with Crippen molar-refractivity contribution in [2.75, 3.05) is 0 Å². The quantitative estimate of drug-likeness (QED) is 0.464. The Morgan fingerprint density at radius 3 is 2.30 bits per heavy atom. The van der Waals surface area contributed by atoms with Crippen LogP contribution in [0, 0.1) is 13.8 Å². The number of nitrogens with zero attached hydrogens (tertiary/aromatic N) is 1. The zero-order valence-corrected chi connectivity index (χ0v) is 17.9. The molecule has 4 rings (SSSR count). The first-order valence-corrected chi connectivity index (χ1v) is 9.92. The summed E-state index contributed by atoms with van der Waals surface area (Å²) in [6.07, 6.45) is -4.85. The van der Waals surface area contributed by atoms with Crippen molar-refractivity contribution in [1.29, 1.82) is 0 Å². The lowest BCUT2D eigenvalue weighted by atomic mass is 9.92. The van der Waals surface area contributed by atoms with Gasteiger partial charge in [0.15, 0.2) is 0 Å². The molecule has 0 radical (unpaired) electrons. The van der Waals surface area contributed by atoms with Crippen LogP contribution in [0.25, 0.3) is 11.0 Å². The van der Waals surface area contributed by atoms with Gasteiger partial charge in [0.1, 0.15) is 16.9 Å². The molecule has 1 aromatic heterocycles. The molecule has 7 nitrogen and oxygen atoms in total. The fourth-order valence-corrected chi connectivity index (χ4v) is 3.81. The van der Waals surface area contributed by atoms with Gasteiger partial charge in [-0.2, -0.15) is 0 Å². The van der Waals surface area contributed by atoms with E-state index in [-0.39, 0.29) is 12.1 Å². The van der Waals surface area contributed by atoms with Crippen LogP contribution >= 0.6 is 0 Å². The number of fused-ring (bicyclic) bond motifs is 1. The summed E-state index contributed by atoms with van der Waals surface area (Å²) in [5.74, 6) is -1.06. The van der Waals surface area contributed by atoms with E-state index in [0.29, 0.717) is 16.5 Å². The first-order chi connectivity index (χ1) is 15.4. The number of carbonyl (C=O) groups is 2. The summed E-state index contributed by atoms with van der Waals surface area (Å²) < 4.78 is 46.3. The minimum atomic E-state index is -4.85. The summed E-state index contributed by atoms with van der Waals surface area (Å²) in [6.45, 7) is 5.04. The third-order valence-corrected chi connectivity index (χ3v) is 5.71. The maximum atomic E-state index is 13.2. The maximum absolute atomic E-state index is 13.2. The highest BCUT2D eigenvalue weighted by molar-refractivity contribution is 6.07. The number of ether oxygens (including phenoxy) is 1. The summed E-state index contributed by atoms with van der Waals surface area (Å²) in [6, 6.07) is 8.77. The molecule has 3 amide bonds. The molecule has 3 aromatic rings. The fraction of sp³-hybridized carbons (Fsp3) is 0.261. The normalized spacial score (nSPS) is 18.7. The molecule has 172 valence electrons. The Morgan fingerprint density at radius 2 is 1.67 bits per heavy atom. The van der Waals surface area contributed by atoms with Crippen LogP contribution < -0.4 is 15.7 Å². The number of hydrogen-bond acceptors (Lipinski definition) is 5. The Bertz CT molecular complexity index is 1330. The molecule has 1 N–H and O–H groups in total. The van der Waals surface area contributed by atoms with Crippen molar-refractivity contribution in [3.63, 3.8) is 0 Å². The van der Waals surface area contributed by atoms with Crippen LogP contribution in [-0.2, 0) is 16.9 Å². The van der Waals surface area contributed by atoms with E-state index in [1.165, 1.54) is 25.1 Å².